The van der Waals surface area contributed by atoms with Crippen LogP contribution in [0, 0.1) is 20.8 Å². The number of sulfonamides is 1. The lowest BCUT2D eigenvalue weighted by molar-refractivity contribution is -0.140. The first-order valence-corrected chi connectivity index (χ1v) is 15.8. The lowest BCUT2D eigenvalue weighted by Gasteiger charge is -2.33. The first-order chi connectivity index (χ1) is 19.4. The normalized spacial score (nSPS) is 12.1. The van der Waals surface area contributed by atoms with Gasteiger partial charge in [0.1, 0.15) is 12.6 Å². The van der Waals surface area contributed by atoms with E-state index in [4.69, 9.17) is 23.2 Å². The maximum absolute atomic E-state index is 14.1. The molecule has 0 saturated carbocycles. The van der Waals surface area contributed by atoms with Crippen LogP contribution in [0.3, 0.4) is 0 Å². The smallest absolute Gasteiger partial charge is 0.264 e. The number of carbonyl (C=O) groups excluding carboxylic acids is 2. The molecule has 0 radical (unpaired) electrons. The molecule has 3 aromatic rings. The van der Waals surface area contributed by atoms with Crippen LogP contribution in [0.1, 0.15) is 48.9 Å². The van der Waals surface area contributed by atoms with Gasteiger partial charge in [-0.15, -0.1) is 0 Å². The van der Waals surface area contributed by atoms with Gasteiger partial charge in [-0.05, 0) is 86.7 Å². The van der Waals surface area contributed by atoms with E-state index < -0.39 is 28.5 Å². The second kappa shape index (κ2) is 14.2. The predicted molar refractivity (Wildman–Crippen MR) is 166 cm³/mol. The Labute approximate surface area is 253 Å². The summed E-state index contributed by atoms with van der Waals surface area (Å²) < 4.78 is 29.2. The summed E-state index contributed by atoms with van der Waals surface area (Å²) in [5.74, 6) is -0.827. The van der Waals surface area contributed by atoms with Crippen molar-refractivity contribution in [2.24, 2.45) is 0 Å². The van der Waals surface area contributed by atoms with Gasteiger partial charge in [-0.25, -0.2) is 8.42 Å². The summed E-state index contributed by atoms with van der Waals surface area (Å²) in [7, 11) is -4.14. The molecule has 0 aromatic heterocycles. The van der Waals surface area contributed by atoms with E-state index in [1.165, 1.54) is 17.0 Å². The van der Waals surface area contributed by atoms with Crippen molar-refractivity contribution in [2.75, 3.05) is 17.4 Å². The van der Waals surface area contributed by atoms with E-state index in [2.05, 4.69) is 5.32 Å². The van der Waals surface area contributed by atoms with Crippen molar-refractivity contribution >= 4 is 50.7 Å². The molecule has 3 rings (SSSR count). The highest BCUT2D eigenvalue weighted by atomic mass is 35.5. The number of hydrogen-bond donors (Lipinski definition) is 1. The van der Waals surface area contributed by atoms with Gasteiger partial charge in [0, 0.05) is 13.1 Å². The number of rotatable bonds is 12. The van der Waals surface area contributed by atoms with E-state index in [9.17, 15) is 18.0 Å². The van der Waals surface area contributed by atoms with Gasteiger partial charge < -0.3 is 10.2 Å². The minimum absolute atomic E-state index is 0.0407. The number of halogens is 2. The fourth-order valence-electron chi connectivity index (χ4n) is 4.58. The number of nitrogens with one attached hydrogen (secondary N) is 1. The van der Waals surface area contributed by atoms with Crippen LogP contribution in [0.5, 0.6) is 0 Å². The minimum Gasteiger partial charge on any atom is -0.354 e. The van der Waals surface area contributed by atoms with Gasteiger partial charge >= 0.3 is 0 Å². The van der Waals surface area contributed by atoms with Gasteiger partial charge in [0.05, 0.1) is 20.6 Å². The first kappa shape index (κ1) is 32.4. The zero-order valence-corrected chi connectivity index (χ0v) is 26.4. The quantitative estimate of drug-likeness (QED) is 0.253. The van der Waals surface area contributed by atoms with Crippen molar-refractivity contribution in [3.63, 3.8) is 0 Å². The van der Waals surface area contributed by atoms with Crippen LogP contribution >= 0.6 is 23.2 Å². The maximum atomic E-state index is 14.1. The molecule has 7 nitrogen and oxygen atoms in total. The third-order valence-corrected chi connectivity index (χ3v) is 9.18. The fraction of sp³-hybridized carbons (Fsp3) is 0.355. The van der Waals surface area contributed by atoms with Crippen molar-refractivity contribution in [2.45, 2.75) is 64.9 Å². The second-order valence-corrected chi connectivity index (χ2v) is 12.8. The van der Waals surface area contributed by atoms with Crippen LogP contribution in [0.2, 0.25) is 10.0 Å². The molecular formula is C31H37Cl2N3O4S. The zero-order valence-electron chi connectivity index (χ0n) is 24.1. The van der Waals surface area contributed by atoms with Gasteiger partial charge in [-0.3, -0.25) is 13.9 Å². The molecule has 0 aliphatic rings. The molecule has 0 aliphatic heterocycles. The molecule has 1 atom stereocenters. The number of benzene rings is 3. The Morgan fingerprint density at radius 1 is 0.854 bits per heavy atom. The van der Waals surface area contributed by atoms with E-state index >= 15 is 0 Å². The molecule has 1 N–H and O–H groups in total. The van der Waals surface area contributed by atoms with Crippen LogP contribution in [0.25, 0.3) is 0 Å². The van der Waals surface area contributed by atoms with Gasteiger partial charge in [-0.1, -0.05) is 66.9 Å². The Hall–Kier alpha value is -3.07. The average Bonchev–Trinajstić information content (AvgIpc) is 2.91. The number of hydrogen-bond acceptors (Lipinski definition) is 4. The molecule has 41 heavy (non-hydrogen) atoms. The standard InChI is InChI=1S/C31H37Cl2N3O4S/c1-6-14-34-31(38)29(7-2)35(19-24-10-13-27(32)28(33)18-24)30(37)20-36(25-16-22(4)15-23(5)17-25)41(39,40)26-11-8-21(3)9-12-26/h8-13,15-18,29H,6-7,14,19-20H2,1-5H3,(H,34,38)/t29-/m1/s1. The van der Waals surface area contributed by atoms with E-state index in [0.29, 0.717) is 34.3 Å². The van der Waals surface area contributed by atoms with Crippen LogP contribution in [0.4, 0.5) is 5.69 Å². The van der Waals surface area contributed by atoms with Crippen molar-refractivity contribution in [1.82, 2.24) is 10.2 Å². The molecule has 0 bridgehead atoms. The van der Waals surface area contributed by atoms with Gasteiger partial charge in [0.15, 0.2) is 0 Å². The summed E-state index contributed by atoms with van der Waals surface area (Å²) >= 11 is 12.4. The number of aryl methyl sites for hydroxylation is 3. The summed E-state index contributed by atoms with van der Waals surface area (Å²) in [6.45, 7) is 9.37. The summed E-state index contributed by atoms with van der Waals surface area (Å²) in [5, 5.41) is 3.56. The van der Waals surface area contributed by atoms with Crippen molar-refractivity contribution in [1.29, 1.82) is 0 Å². The highest BCUT2D eigenvalue weighted by molar-refractivity contribution is 7.92. The Kier molecular flexibility index (Phi) is 11.2. The topological polar surface area (TPSA) is 86.8 Å². The molecule has 2 amide bonds. The Morgan fingerprint density at radius 3 is 2.05 bits per heavy atom. The second-order valence-electron chi connectivity index (χ2n) is 10.2. The third-order valence-electron chi connectivity index (χ3n) is 6.65. The highest BCUT2D eigenvalue weighted by Crippen LogP contribution is 2.28. The lowest BCUT2D eigenvalue weighted by Crippen LogP contribution is -2.52. The van der Waals surface area contributed by atoms with Crippen LogP contribution < -0.4 is 9.62 Å². The predicted octanol–water partition coefficient (Wildman–Crippen LogP) is 6.45. The summed E-state index contributed by atoms with van der Waals surface area (Å²) in [5.41, 5.74) is 3.65. The largest absolute Gasteiger partial charge is 0.354 e. The maximum Gasteiger partial charge on any atom is 0.264 e. The number of nitrogens with zero attached hydrogens (tertiary/aromatic N) is 2. The average molecular weight is 619 g/mol. The number of carbonyl (C=O) groups is 2. The van der Waals surface area contributed by atoms with Crippen LogP contribution in [0.15, 0.2) is 65.6 Å². The third kappa shape index (κ3) is 8.24. The molecule has 0 heterocycles. The molecule has 0 spiro atoms. The van der Waals surface area contributed by atoms with Gasteiger partial charge in [0.25, 0.3) is 10.0 Å². The Balaban J connectivity index is 2.10. The monoisotopic (exact) mass is 617 g/mol. The van der Waals surface area contributed by atoms with E-state index in [-0.39, 0.29) is 17.3 Å². The molecule has 10 heteroatoms. The van der Waals surface area contributed by atoms with E-state index in [1.807, 2.05) is 40.7 Å². The zero-order chi connectivity index (χ0) is 30.3. The first-order valence-electron chi connectivity index (χ1n) is 13.6. The fourth-order valence-corrected chi connectivity index (χ4v) is 6.30. The highest BCUT2D eigenvalue weighted by Gasteiger charge is 2.33. The Morgan fingerprint density at radius 2 is 1.49 bits per heavy atom. The number of amides is 2. The van der Waals surface area contributed by atoms with Crippen molar-refractivity contribution < 1.29 is 18.0 Å². The van der Waals surface area contributed by atoms with Gasteiger partial charge in [-0.2, -0.15) is 0 Å². The molecule has 0 unspecified atom stereocenters. The molecule has 0 aliphatic carbocycles. The summed E-state index contributed by atoms with van der Waals surface area (Å²) in [6, 6.07) is 16.1. The minimum atomic E-state index is -4.14. The number of anilines is 1. The van der Waals surface area contributed by atoms with Gasteiger partial charge in [0.2, 0.25) is 11.8 Å². The Bertz CT molecular complexity index is 1470. The van der Waals surface area contributed by atoms with E-state index in [0.717, 1.165) is 27.4 Å². The summed E-state index contributed by atoms with van der Waals surface area (Å²) in [6.07, 6.45) is 1.06. The molecular weight excluding hydrogens is 581 g/mol. The molecule has 0 saturated heterocycles. The molecule has 3 aromatic carbocycles. The van der Waals surface area contributed by atoms with Crippen molar-refractivity contribution in [3.05, 3.63) is 93.0 Å². The SMILES string of the molecule is CCCNC(=O)[C@@H](CC)N(Cc1ccc(Cl)c(Cl)c1)C(=O)CN(c1cc(C)cc(C)c1)S(=O)(=O)c1ccc(C)cc1. The molecule has 0 fully saturated rings. The lowest BCUT2D eigenvalue weighted by atomic mass is 10.1. The molecule has 220 valence electrons. The summed E-state index contributed by atoms with van der Waals surface area (Å²) in [4.78, 5) is 28.8. The van der Waals surface area contributed by atoms with E-state index in [1.54, 1.807) is 42.5 Å². The van der Waals surface area contributed by atoms with Crippen LogP contribution in [-0.2, 0) is 26.2 Å². The van der Waals surface area contributed by atoms with Crippen molar-refractivity contribution in [3.8, 4) is 0 Å². The van der Waals surface area contributed by atoms with Crippen LogP contribution in [-0.4, -0.2) is 44.3 Å².